The molecule has 0 aliphatic rings. The maximum atomic E-state index is 11.7. The van der Waals surface area contributed by atoms with Gasteiger partial charge in [0.15, 0.2) is 0 Å². The highest BCUT2D eigenvalue weighted by Crippen LogP contribution is 2.10. The van der Waals surface area contributed by atoms with E-state index in [1.807, 2.05) is 48.5 Å². The monoisotopic (exact) mass is 330 g/mol. The van der Waals surface area contributed by atoms with Crippen molar-refractivity contribution >= 4 is 23.4 Å². The number of carbonyl (C=O) groups is 2. The van der Waals surface area contributed by atoms with Crippen LogP contribution in [-0.4, -0.2) is 18.4 Å². The molecule has 2 aromatic carbocycles. The van der Waals surface area contributed by atoms with Gasteiger partial charge in [0.1, 0.15) is 6.42 Å². The zero-order valence-electron chi connectivity index (χ0n) is 12.7. The average Bonchev–Trinajstić information content (AvgIpc) is 2.54. The molecule has 5 heteroatoms. The van der Waals surface area contributed by atoms with Crippen molar-refractivity contribution in [1.82, 2.24) is 10.6 Å². The lowest BCUT2D eigenvalue weighted by atomic mass is 10.1. The van der Waals surface area contributed by atoms with Crippen molar-refractivity contribution in [2.45, 2.75) is 19.4 Å². The van der Waals surface area contributed by atoms with Gasteiger partial charge < -0.3 is 10.6 Å². The number of rotatable bonds is 7. The second kappa shape index (κ2) is 8.96. The molecule has 0 spiro atoms. The van der Waals surface area contributed by atoms with Crippen LogP contribution in [0, 0.1) is 0 Å². The lowest BCUT2D eigenvalue weighted by Gasteiger charge is -2.07. The number of halogens is 1. The van der Waals surface area contributed by atoms with E-state index in [1.54, 1.807) is 6.07 Å². The first-order valence-corrected chi connectivity index (χ1v) is 7.83. The Morgan fingerprint density at radius 2 is 1.57 bits per heavy atom. The molecule has 0 atom stereocenters. The summed E-state index contributed by atoms with van der Waals surface area (Å²) < 4.78 is 0. The zero-order chi connectivity index (χ0) is 16.5. The molecule has 23 heavy (non-hydrogen) atoms. The highest BCUT2D eigenvalue weighted by molar-refractivity contribution is 6.30. The summed E-state index contributed by atoms with van der Waals surface area (Å²) in [5.41, 5.74) is 2.05. The Kier molecular flexibility index (Phi) is 6.63. The minimum absolute atomic E-state index is 0.164. The Morgan fingerprint density at radius 1 is 0.870 bits per heavy atom. The van der Waals surface area contributed by atoms with Gasteiger partial charge in [-0.1, -0.05) is 54.1 Å². The molecule has 2 amide bonds. The van der Waals surface area contributed by atoms with E-state index in [0.29, 0.717) is 24.5 Å². The van der Waals surface area contributed by atoms with Gasteiger partial charge in [-0.15, -0.1) is 0 Å². The lowest BCUT2D eigenvalue weighted by molar-refractivity contribution is -0.129. The van der Waals surface area contributed by atoms with Crippen molar-refractivity contribution in [3.63, 3.8) is 0 Å². The quantitative estimate of drug-likeness (QED) is 0.767. The summed E-state index contributed by atoms with van der Waals surface area (Å²) in [6, 6.07) is 17.1. The minimum Gasteiger partial charge on any atom is -0.355 e. The first-order valence-electron chi connectivity index (χ1n) is 7.45. The number of hydrogen-bond donors (Lipinski definition) is 2. The van der Waals surface area contributed by atoms with Gasteiger partial charge in [-0.05, 0) is 29.7 Å². The molecule has 0 saturated heterocycles. The maximum absolute atomic E-state index is 11.7. The summed E-state index contributed by atoms with van der Waals surface area (Å²) in [5.74, 6) is -0.563. The summed E-state index contributed by atoms with van der Waals surface area (Å²) in [5, 5.41) is 6.14. The third kappa shape index (κ3) is 6.53. The standard InChI is InChI=1S/C18H19ClN2O2/c19-16-8-4-7-14(11-16)9-10-20-17(22)12-18(23)21-13-15-5-2-1-3-6-15/h1-8,11H,9-10,12-13H2,(H,20,22)(H,21,23). The van der Waals surface area contributed by atoms with E-state index in [1.165, 1.54) is 0 Å². The summed E-state index contributed by atoms with van der Waals surface area (Å²) in [6.45, 7) is 0.903. The second-order valence-electron chi connectivity index (χ2n) is 5.17. The number of carbonyl (C=O) groups excluding carboxylic acids is 2. The van der Waals surface area contributed by atoms with E-state index in [2.05, 4.69) is 10.6 Å². The van der Waals surface area contributed by atoms with Gasteiger partial charge in [-0.25, -0.2) is 0 Å². The van der Waals surface area contributed by atoms with Crippen molar-refractivity contribution in [1.29, 1.82) is 0 Å². The maximum Gasteiger partial charge on any atom is 0.229 e. The molecule has 2 N–H and O–H groups in total. The van der Waals surface area contributed by atoms with E-state index in [9.17, 15) is 9.59 Å². The topological polar surface area (TPSA) is 58.2 Å². The summed E-state index contributed by atoms with van der Waals surface area (Å²) in [4.78, 5) is 23.4. The van der Waals surface area contributed by atoms with Gasteiger partial charge in [-0.2, -0.15) is 0 Å². The van der Waals surface area contributed by atoms with Crippen molar-refractivity contribution < 1.29 is 9.59 Å². The van der Waals surface area contributed by atoms with E-state index in [0.717, 1.165) is 11.1 Å². The zero-order valence-corrected chi connectivity index (χ0v) is 13.5. The van der Waals surface area contributed by atoms with Crippen LogP contribution in [0.1, 0.15) is 17.5 Å². The number of benzene rings is 2. The number of hydrogen-bond acceptors (Lipinski definition) is 2. The van der Waals surface area contributed by atoms with E-state index in [-0.39, 0.29) is 18.2 Å². The Bertz CT molecular complexity index is 659. The summed E-state index contributed by atoms with van der Waals surface area (Å²) in [7, 11) is 0. The van der Waals surface area contributed by atoms with E-state index >= 15 is 0 Å². The first kappa shape index (κ1) is 17.0. The molecule has 2 rings (SSSR count). The molecular formula is C18H19ClN2O2. The fourth-order valence-corrected chi connectivity index (χ4v) is 2.32. The predicted molar refractivity (Wildman–Crippen MR) is 91.1 cm³/mol. The third-order valence-corrected chi connectivity index (χ3v) is 3.51. The van der Waals surface area contributed by atoms with Crippen molar-refractivity contribution in [3.8, 4) is 0 Å². The molecule has 0 aliphatic heterocycles. The molecule has 120 valence electrons. The van der Waals surface area contributed by atoms with Crippen LogP contribution in [0.4, 0.5) is 0 Å². The highest BCUT2D eigenvalue weighted by Gasteiger charge is 2.08. The average molecular weight is 331 g/mol. The Balaban J connectivity index is 1.65. The van der Waals surface area contributed by atoms with Crippen LogP contribution in [0.2, 0.25) is 5.02 Å². The summed E-state index contributed by atoms with van der Waals surface area (Å²) >= 11 is 5.90. The SMILES string of the molecule is O=C(CC(=O)NCc1ccccc1)NCCc1cccc(Cl)c1. The van der Waals surface area contributed by atoms with Gasteiger partial charge in [0, 0.05) is 18.1 Å². The van der Waals surface area contributed by atoms with Gasteiger partial charge in [0.2, 0.25) is 11.8 Å². The molecule has 4 nitrogen and oxygen atoms in total. The lowest BCUT2D eigenvalue weighted by Crippen LogP contribution is -2.32. The largest absolute Gasteiger partial charge is 0.355 e. The molecule has 0 bridgehead atoms. The van der Waals surface area contributed by atoms with Crippen LogP contribution in [-0.2, 0) is 22.6 Å². The Hall–Kier alpha value is -2.33. The van der Waals surface area contributed by atoms with Crippen LogP contribution in [0.15, 0.2) is 54.6 Å². The fourth-order valence-electron chi connectivity index (χ4n) is 2.11. The number of amides is 2. The predicted octanol–water partition coefficient (Wildman–Crippen LogP) is 2.71. The van der Waals surface area contributed by atoms with Crippen LogP contribution in [0.5, 0.6) is 0 Å². The fraction of sp³-hybridized carbons (Fsp3) is 0.222. The van der Waals surface area contributed by atoms with Gasteiger partial charge >= 0.3 is 0 Å². The van der Waals surface area contributed by atoms with Crippen LogP contribution >= 0.6 is 11.6 Å². The first-order chi connectivity index (χ1) is 11.1. The molecule has 0 heterocycles. The van der Waals surface area contributed by atoms with Gasteiger partial charge in [0.05, 0.1) is 0 Å². The Labute approximate surface area is 140 Å². The Morgan fingerprint density at radius 3 is 2.30 bits per heavy atom. The summed E-state index contributed by atoms with van der Waals surface area (Å²) in [6.07, 6.45) is 0.514. The van der Waals surface area contributed by atoms with Crippen molar-refractivity contribution in [2.75, 3.05) is 6.54 Å². The molecule has 0 radical (unpaired) electrons. The van der Waals surface area contributed by atoms with Gasteiger partial charge in [0.25, 0.3) is 0 Å². The molecule has 0 fully saturated rings. The van der Waals surface area contributed by atoms with E-state index < -0.39 is 0 Å². The molecular weight excluding hydrogens is 312 g/mol. The molecule has 0 aliphatic carbocycles. The van der Waals surface area contributed by atoms with E-state index in [4.69, 9.17) is 11.6 Å². The van der Waals surface area contributed by atoms with Crippen LogP contribution < -0.4 is 10.6 Å². The second-order valence-corrected chi connectivity index (χ2v) is 5.61. The van der Waals surface area contributed by atoms with Crippen molar-refractivity contribution in [2.24, 2.45) is 0 Å². The van der Waals surface area contributed by atoms with Crippen LogP contribution in [0.25, 0.3) is 0 Å². The minimum atomic E-state index is -0.283. The number of nitrogens with one attached hydrogen (secondary N) is 2. The third-order valence-electron chi connectivity index (χ3n) is 3.28. The smallest absolute Gasteiger partial charge is 0.229 e. The molecule has 0 saturated carbocycles. The normalized spacial score (nSPS) is 10.1. The molecule has 0 aromatic heterocycles. The highest BCUT2D eigenvalue weighted by atomic mass is 35.5. The van der Waals surface area contributed by atoms with Gasteiger partial charge in [-0.3, -0.25) is 9.59 Å². The van der Waals surface area contributed by atoms with Crippen LogP contribution in [0.3, 0.4) is 0 Å². The van der Waals surface area contributed by atoms with Crippen molar-refractivity contribution in [3.05, 3.63) is 70.7 Å². The molecule has 0 unspecified atom stereocenters. The molecule has 2 aromatic rings.